The number of ether oxygens (including phenoxy) is 3. The zero-order chi connectivity index (χ0) is 23.0. The third-order valence-corrected chi connectivity index (χ3v) is 5.90. The van der Waals surface area contributed by atoms with Crippen molar-refractivity contribution in [1.29, 1.82) is 0 Å². The van der Waals surface area contributed by atoms with Crippen LogP contribution in [0.5, 0.6) is 11.5 Å². The fourth-order valence-corrected chi connectivity index (χ4v) is 4.24. The Balaban J connectivity index is 1.44. The summed E-state index contributed by atoms with van der Waals surface area (Å²) in [5.74, 6) is 1.26. The predicted molar refractivity (Wildman–Crippen MR) is 130 cm³/mol. The molecule has 0 N–H and O–H groups in total. The van der Waals surface area contributed by atoms with Crippen molar-refractivity contribution in [2.24, 2.45) is 0 Å². The third kappa shape index (κ3) is 5.67. The van der Waals surface area contributed by atoms with Gasteiger partial charge in [-0.25, -0.2) is 0 Å². The largest absolute Gasteiger partial charge is 0.496 e. The first kappa shape index (κ1) is 22.7. The molecule has 172 valence electrons. The first-order chi connectivity index (χ1) is 16.2. The van der Waals surface area contributed by atoms with Crippen LogP contribution in [0.25, 0.3) is 0 Å². The monoisotopic (exact) mass is 445 g/mol. The Kier molecular flexibility index (Phi) is 7.51. The average Bonchev–Trinajstić information content (AvgIpc) is 2.86. The maximum absolute atomic E-state index is 11.7. The van der Waals surface area contributed by atoms with Crippen LogP contribution in [-0.4, -0.2) is 26.2 Å². The van der Waals surface area contributed by atoms with Crippen LogP contribution in [0.4, 0.5) is 11.4 Å². The first-order valence-electron chi connectivity index (χ1n) is 11.6. The highest BCUT2D eigenvalue weighted by molar-refractivity contribution is 5.70. The van der Waals surface area contributed by atoms with Crippen LogP contribution in [0, 0.1) is 0 Å². The molecule has 4 rings (SSSR count). The Bertz CT molecular complexity index is 1080. The zero-order valence-corrected chi connectivity index (χ0v) is 19.4. The van der Waals surface area contributed by atoms with E-state index in [1.165, 1.54) is 16.9 Å². The second-order valence-corrected chi connectivity index (χ2v) is 8.12. The highest BCUT2D eigenvalue weighted by Crippen LogP contribution is 2.34. The van der Waals surface area contributed by atoms with Crippen LogP contribution in [-0.2, 0) is 29.0 Å². The molecule has 33 heavy (non-hydrogen) atoms. The number of fused-ring (bicyclic) bond motifs is 1. The fourth-order valence-electron chi connectivity index (χ4n) is 4.24. The molecule has 5 heteroatoms. The third-order valence-electron chi connectivity index (χ3n) is 5.90. The molecule has 3 aromatic carbocycles. The summed E-state index contributed by atoms with van der Waals surface area (Å²) in [6.07, 6.45) is 3.16. The molecule has 0 fully saturated rings. The van der Waals surface area contributed by atoms with Crippen molar-refractivity contribution in [3.8, 4) is 11.5 Å². The van der Waals surface area contributed by atoms with Gasteiger partial charge in [-0.3, -0.25) is 4.79 Å². The number of hydrogen-bond acceptors (Lipinski definition) is 5. The van der Waals surface area contributed by atoms with Crippen molar-refractivity contribution in [2.45, 2.75) is 39.2 Å². The molecule has 0 radical (unpaired) electrons. The lowest BCUT2D eigenvalue weighted by atomic mass is 9.99. The van der Waals surface area contributed by atoms with Crippen LogP contribution in [0.15, 0.2) is 66.7 Å². The van der Waals surface area contributed by atoms with Crippen LogP contribution in [0.2, 0.25) is 0 Å². The van der Waals surface area contributed by atoms with Crippen molar-refractivity contribution in [2.75, 3.05) is 25.2 Å². The summed E-state index contributed by atoms with van der Waals surface area (Å²) in [5.41, 5.74) is 5.95. The molecule has 0 atom stereocenters. The SMILES string of the molecule is CCOC(=O)CCc1ccc(OCc2ccc3c(c2)N(c2ccccc2)CCC3)cc1OC. The number of hydrogen-bond donors (Lipinski definition) is 0. The number of aryl methyl sites for hydroxylation is 2. The molecule has 5 nitrogen and oxygen atoms in total. The van der Waals surface area contributed by atoms with E-state index in [0.29, 0.717) is 26.1 Å². The lowest BCUT2D eigenvalue weighted by molar-refractivity contribution is -0.143. The number of carbonyl (C=O) groups excluding carboxylic acids is 1. The van der Waals surface area contributed by atoms with Gasteiger partial charge in [0.05, 0.1) is 13.7 Å². The van der Waals surface area contributed by atoms with Gasteiger partial charge in [-0.1, -0.05) is 36.4 Å². The summed E-state index contributed by atoms with van der Waals surface area (Å²) < 4.78 is 16.6. The summed E-state index contributed by atoms with van der Waals surface area (Å²) in [6, 6.07) is 22.9. The topological polar surface area (TPSA) is 48.0 Å². The number of benzene rings is 3. The van der Waals surface area contributed by atoms with Crippen molar-refractivity contribution in [1.82, 2.24) is 0 Å². The number of methoxy groups -OCH3 is 1. The van der Waals surface area contributed by atoms with E-state index in [1.54, 1.807) is 7.11 Å². The maximum atomic E-state index is 11.7. The van der Waals surface area contributed by atoms with Gasteiger partial charge < -0.3 is 19.1 Å². The lowest BCUT2D eigenvalue weighted by Crippen LogP contribution is -2.24. The Morgan fingerprint density at radius 1 is 1.03 bits per heavy atom. The quantitative estimate of drug-likeness (QED) is 0.387. The summed E-state index contributed by atoms with van der Waals surface area (Å²) in [4.78, 5) is 14.1. The average molecular weight is 446 g/mol. The molecule has 0 unspecified atom stereocenters. The van der Waals surface area contributed by atoms with Gasteiger partial charge in [0, 0.05) is 30.4 Å². The second-order valence-electron chi connectivity index (χ2n) is 8.12. The van der Waals surface area contributed by atoms with Gasteiger partial charge in [0.15, 0.2) is 0 Å². The smallest absolute Gasteiger partial charge is 0.306 e. The van der Waals surface area contributed by atoms with Gasteiger partial charge in [-0.2, -0.15) is 0 Å². The van der Waals surface area contributed by atoms with E-state index in [2.05, 4.69) is 53.4 Å². The maximum Gasteiger partial charge on any atom is 0.306 e. The molecule has 0 amide bonds. The number of esters is 1. The molecular formula is C28H31NO4. The molecule has 1 aliphatic rings. The summed E-state index contributed by atoms with van der Waals surface area (Å²) in [7, 11) is 1.63. The van der Waals surface area contributed by atoms with Gasteiger partial charge in [0.2, 0.25) is 0 Å². The van der Waals surface area contributed by atoms with E-state index in [0.717, 1.165) is 42.0 Å². The second kappa shape index (κ2) is 10.9. The minimum Gasteiger partial charge on any atom is -0.496 e. The number of nitrogens with zero attached hydrogens (tertiary/aromatic N) is 1. The molecule has 1 heterocycles. The van der Waals surface area contributed by atoms with Gasteiger partial charge in [-0.05, 0) is 67.1 Å². The van der Waals surface area contributed by atoms with Gasteiger partial charge in [0.1, 0.15) is 18.1 Å². The van der Waals surface area contributed by atoms with Crippen LogP contribution in [0.1, 0.15) is 36.5 Å². The first-order valence-corrected chi connectivity index (χ1v) is 11.6. The Labute approximate surface area is 195 Å². The Morgan fingerprint density at radius 2 is 1.88 bits per heavy atom. The van der Waals surface area contributed by atoms with Crippen LogP contribution >= 0.6 is 0 Å². The highest BCUT2D eigenvalue weighted by Gasteiger charge is 2.18. The van der Waals surface area contributed by atoms with Gasteiger partial charge in [0.25, 0.3) is 0 Å². The standard InChI is InChI=1S/C28H31NO4/c1-3-32-28(30)16-14-23-13-15-25(19-27(23)31-2)33-20-21-11-12-22-8-7-17-29(26(22)18-21)24-9-5-4-6-10-24/h4-6,9-13,15,18-19H,3,7-8,14,16-17,20H2,1-2H3. The van der Waals surface area contributed by atoms with Gasteiger partial charge in [-0.15, -0.1) is 0 Å². The molecule has 0 saturated carbocycles. The Hall–Kier alpha value is -3.47. The number of para-hydroxylation sites is 1. The number of rotatable bonds is 9. The van der Waals surface area contributed by atoms with E-state index in [-0.39, 0.29) is 5.97 Å². The van der Waals surface area contributed by atoms with Crippen molar-refractivity contribution < 1.29 is 19.0 Å². The normalized spacial score (nSPS) is 12.7. The van der Waals surface area contributed by atoms with E-state index < -0.39 is 0 Å². The summed E-state index contributed by atoms with van der Waals surface area (Å²) in [5, 5.41) is 0. The van der Waals surface area contributed by atoms with Crippen LogP contribution in [0.3, 0.4) is 0 Å². The molecule has 0 bridgehead atoms. The molecule has 3 aromatic rings. The van der Waals surface area contributed by atoms with E-state index >= 15 is 0 Å². The lowest BCUT2D eigenvalue weighted by Gasteiger charge is -2.32. The van der Waals surface area contributed by atoms with Gasteiger partial charge >= 0.3 is 5.97 Å². The van der Waals surface area contributed by atoms with E-state index in [1.807, 2.05) is 25.1 Å². The predicted octanol–water partition coefficient (Wildman–Crippen LogP) is 5.85. The van der Waals surface area contributed by atoms with Crippen molar-refractivity contribution >= 4 is 17.3 Å². The molecule has 0 aliphatic carbocycles. The van der Waals surface area contributed by atoms with E-state index in [4.69, 9.17) is 14.2 Å². The minimum absolute atomic E-state index is 0.197. The summed E-state index contributed by atoms with van der Waals surface area (Å²) in [6.45, 7) is 3.70. The van der Waals surface area contributed by atoms with Crippen molar-refractivity contribution in [3.63, 3.8) is 0 Å². The van der Waals surface area contributed by atoms with Crippen molar-refractivity contribution in [3.05, 3.63) is 83.4 Å². The molecule has 0 spiro atoms. The fraction of sp³-hybridized carbons (Fsp3) is 0.321. The molecule has 0 aromatic heterocycles. The minimum atomic E-state index is -0.197. The number of anilines is 2. The summed E-state index contributed by atoms with van der Waals surface area (Å²) >= 11 is 0. The van der Waals surface area contributed by atoms with Crippen LogP contribution < -0.4 is 14.4 Å². The zero-order valence-electron chi connectivity index (χ0n) is 19.4. The highest BCUT2D eigenvalue weighted by atomic mass is 16.5. The molecule has 0 saturated heterocycles. The number of carbonyl (C=O) groups is 1. The van der Waals surface area contributed by atoms with E-state index in [9.17, 15) is 4.79 Å². The molecular weight excluding hydrogens is 414 g/mol. The molecule has 1 aliphatic heterocycles. The Morgan fingerprint density at radius 3 is 2.67 bits per heavy atom.